The molecule has 1 heterocycles. The topological polar surface area (TPSA) is 38.9 Å². The third-order valence-electron chi connectivity index (χ3n) is 4.37. The highest BCUT2D eigenvalue weighted by Crippen LogP contribution is 2.37. The van der Waals surface area contributed by atoms with Crippen LogP contribution >= 0.6 is 0 Å². The molecule has 0 fully saturated rings. The summed E-state index contributed by atoms with van der Waals surface area (Å²) in [4.78, 5) is 4.80. The molecule has 3 aromatic carbocycles. The summed E-state index contributed by atoms with van der Waals surface area (Å²) in [6.45, 7) is 4.28. The fourth-order valence-corrected chi connectivity index (χ4v) is 3.20. The van der Waals surface area contributed by atoms with Crippen LogP contribution in [0.5, 0.6) is 0 Å². The van der Waals surface area contributed by atoms with Gasteiger partial charge in [0.05, 0.1) is 11.0 Å². The lowest BCUT2D eigenvalue weighted by molar-refractivity contribution is 1.40. The van der Waals surface area contributed by atoms with E-state index in [1.807, 2.05) is 24.3 Å². The van der Waals surface area contributed by atoms with E-state index in [0.29, 0.717) is 0 Å². The Labute approximate surface area is 135 Å². The lowest BCUT2D eigenvalue weighted by Crippen LogP contribution is -1.93. The van der Waals surface area contributed by atoms with Crippen LogP contribution in [0.25, 0.3) is 32.9 Å². The number of aryl methyl sites for hydroxylation is 2. The van der Waals surface area contributed by atoms with Crippen molar-refractivity contribution in [3.8, 4) is 11.1 Å². The maximum atomic E-state index is 6.06. The summed E-state index contributed by atoms with van der Waals surface area (Å²) in [5, 5.41) is 2.27. The number of nitrogen functional groups attached to an aromatic ring is 1. The third kappa shape index (κ3) is 2.23. The third-order valence-corrected chi connectivity index (χ3v) is 4.37. The molecule has 0 unspecified atom stereocenters. The van der Waals surface area contributed by atoms with Crippen molar-refractivity contribution in [3.63, 3.8) is 0 Å². The standard InChI is InChI=1S/C21H18N2/c1-13-7-8-14(2)17(11-13)21-16-5-3-4-6-19(16)23-20-10-9-15(22)12-18(20)21/h3-12H,22H2,1-2H3. The maximum Gasteiger partial charge on any atom is 0.0717 e. The van der Waals surface area contributed by atoms with Gasteiger partial charge in [-0.05, 0) is 49.2 Å². The Hall–Kier alpha value is -2.87. The van der Waals surface area contributed by atoms with Gasteiger partial charge >= 0.3 is 0 Å². The van der Waals surface area contributed by atoms with E-state index in [0.717, 1.165) is 22.1 Å². The van der Waals surface area contributed by atoms with Crippen molar-refractivity contribution in [2.45, 2.75) is 13.8 Å². The fourth-order valence-electron chi connectivity index (χ4n) is 3.20. The van der Waals surface area contributed by atoms with E-state index < -0.39 is 0 Å². The van der Waals surface area contributed by atoms with Crippen LogP contribution in [-0.2, 0) is 0 Å². The molecule has 23 heavy (non-hydrogen) atoms. The van der Waals surface area contributed by atoms with E-state index in [-0.39, 0.29) is 0 Å². The van der Waals surface area contributed by atoms with Crippen LogP contribution in [0.15, 0.2) is 60.7 Å². The van der Waals surface area contributed by atoms with Crippen molar-refractivity contribution in [3.05, 3.63) is 71.8 Å². The molecule has 0 saturated carbocycles. The van der Waals surface area contributed by atoms with Gasteiger partial charge in [0.25, 0.3) is 0 Å². The number of rotatable bonds is 1. The highest BCUT2D eigenvalue weighted by Gasteiger charge is 2.13. The average molecular weight is 298 g/mol. The van der Waals surface area contributed by atoms with Crippen LogP contribution in [0.4, 0.5) is 5.69 Å². The smallest absolute Gasteiger partial charge is 0.0717 e. The van der Waals surface area contributed by atoms with E-state index in [1.54, 1.807) is 0 Å². The highest BCUT2D eigenvalue weighted by atomic mass is 14.7. The second-order valence-corrected chi connectivity index (χ2v) is 6.10. The number of benzene rings is 3. The van der Waals surface area contributed by atoms with Crippen molar-refractivity contribution in [1.82, 2.24) is 4.98 Å². The van der Waals surface area contributed by atoms with Gasteiger partial charge in [0.15, 0.2) is 0 Å². The number of nitrogens with two attached hydrogens (primary N) is 1. The van der Waals surface area contributed by atoms with Gasteiger partial charge in [-0.25, -0.2) is 4.98 Å². The summed E-state index contributed by atoms with van der Waals surface area (Å²) < 4.78 is 0. The second-order valence-electron chi connectivity index (χ2n) is 6.10. The number of aromatic nitrogens is 1. The fraction of sp³-hybridized carbons (Fsp3) is 0.0952. The first-order valence-electron chi connectivity index (χ1n) is 7.79. The molecule has 0 saturated heterocycles. The number of anilines is 1. The van der Waals surface area contributed by atoms with E-state index in [9.17, 15) is 0 Å². The number of fused-ring (bicyclic) bond motifs is 2. The van der Waals surface area contributed by atoms with Gasteiger partial charge in [-0.15, -0.1) is 0 Å². The Balaban J connectivity index is 2.25. The first kappa shape index (κ1) is 13.8. The maximum absolute atomic E-state index is 6.06. The van der Waals surface area contributed by atoms with Gasteiger partial charge in [-0.1, -0.05) is 42.0 Å². The molecule has 0 radical (unpaired) electrons. The molecule has 0 aliphatic rings. The van der Waals surface area contributed by atoms with Gasteiger partial charge < -0.3 is 5.73 Å². The minimum absolute atomic E-state index is 0.765. The number of para-hydroxylation sites is 1. The van der Waals surface area contributed by atoms with Crippen LogP contribution < -0.4 is 5.73 Å². The lowest BCUT2D eigenvalue weighted by Gasteiger charge is -2.14. The number of hydrogen-bond acceptors (Lipinski definition) is 2. The van der Waals surface area contributed by atoms with Crippen LogP contribution in [0.1, 0.15) is 11.1 Å². The van der Waals surface area contributed by atoms with Gasteiger partial charge in [-0.2, -0.15) is 0 Å². The molecule has 2 heteroatoms. The molecule has 4 rings (SSSR count). The molecule has 0 aliphatic heterocycles. The van der Waals surface area contributed by atoms with Crippen LogP contribution in [-0.4, -0.2) is 4.98 Å². The van der Waals surface area contributed by atoms with Gasteiger partial charge in [-0.3, -0.25) is 0 Å². The molecule has 112 valence electrons. The first-order chi connectivity index (χ1) is 11.1. The minimum atomic E-state index is 0.765. The predicted octanol–water partition coefficient (Wildman–Crippen LogP) is 5.25. The van der Waals surface area contributed by atoms with E-state index in [4.69, 9.17) is 10.7 Å². The van der Waals surface area contributed by atoms with Crippen molar-refractivity contribution in [2.24, 2.45) is 0 Å². The summed E-state index contributed by atoms with van der Waals surface area (Å²) in [7, 11) is 0. The molecule has 1 aromatic heterocycles. The quantitative estimate of drug-likeness (QED) is 0.385. The molecule has 0 bridgehead atoms. The number of nitrogens with zero attached hydrogens (tertiary/aromatic N) is 1. The normalized spacial score (nSPS) is 11.2. The minimum Gasteiger partial charge on any atom is -0.399 e. The number of pyridine rings is 1. The molecule has 0 atom stereocenters. The molecule has 0 amide bonds. The Bertz CT molecular complexity index is 1050. The Morgan fingerprint density at radius 3 is 2.43 bits per heavy atom. The summed E-state index contributed by atoms with van der Waals surface area (Å²) in [5.74, 6) is 0. The Morgan fingerprint density at radius 2 is 1.57 bits per heavy atom. The Morgan fingerprint density at radius 1 is 0.783 bits per heavy atom. The van der Waals surface area contributed by atoms with Crippen LogP contribution in [0, 0.1) is 13.8 Å². The molecule has 4 aromatic rings. The number of hydrogen-bond donors (Lipinski definition) is 1. The summed E-state index contributed by atoms with van der Waals surface area (Å²) in [6, 6.07) is 20.8. The summed E-state index contributed by atoms with van der Waals surface area (Å²) >= 11 is 0. The van der Waals surface area contributed by atoms with Crippen molar-refractivity contribution in [2.75, 3.05) is 5.73 Å². The zero-order chi connectivity index (χ0) is 16.0. The lowest BCUT2D eigenvalue weighted by atomic mass is 9.92. The van der Waals surface area contributed by atoms with Crippen molar-refractivity contribution in [1.29, 1.82) is 0 Å². The van der Waals surface area contributed by atoms with E-state index >= 15 is 0 Å². The molecule has 0 aliphatic carbocycles. The predicted molar refractivity (Wildman–Crippen MR) is 98.6 cm³/mol. The van der Waals surface area contributed by atoms with Gasteiger partial charge in [0, 0.05) is 22.0 Å². The molecule has 0 spiro atoms. The Kier molecular flexibility index (Phi) is 3.05. The molecule has 2 nitrogen and oxygen atoms in total. The summed E-state index contributed by atoms with van der Waals surface area (Å²) in [5.41, 5.74) is 13.8. The highest BCUT2D eigenvalue weighted by molar-refractivity contribution is 6.10. The van der Waals surface area contributed by atoms with Crippen molar-refractivity contribution >= 4 is 27.5 Å². The SMILES string of the molecule is Cc1ccc(C)c(-c2c3ccccc3nc3ccc(N)cc23)c1. The monoisotopic (exact) mass is 298 g/mol. The van der Waals surface area contributed by atoms with E-state index in [1.165, 1.54) is 27.6 Å². The van der Waals surface area contributed by atoms with Crippen LogP contribution in [0.2, 0.25) is 0 Å². The largest absolute Gasteiger partial charge is 0.399 e. The first-order valence-corrected chi connectivity index (χ1v) is 7.79. The van der Waals surface area contributed by atoms with E-state index in [2.05, 4.69) is 50.2 Å². The van der Waals surface area contributed by atoms with Crippen molar-refractivity contribution < 1.29 is 0 Å². The molecular weight excluding hydrogens is 280 g/mol. The molecule has 2 N–H and O–H groups in total. The van der Waals surface area contributed by atoms with Crippen LogP contribution in [0.3, 0.4) is 0 Å². The van der Waals surface area contributed by atoms with Gasteiger partial charge in [0.2, 0.25) is 0 Å². The average Bonchev–Trinajstić information content (AvgIpc) is 2.55. The summed E-state index contributed by atoms with van der Waals surface area (Å²) in [6.07, 6.45) is 0. The molecular formula is C21H18N2. The second kappa shape index (κ2) is 5.10. The zero-order valence-corrected chi connectivity index (χ0v) is 13.3. The van der Waals surface area contributed by atoms with Gasteiger partial charge in [0.1, 0.15) is 0 Å². The zero-order valence-electron chi connectivity index (χ0n) is 13.3.